The number of H-pyrrole nitrogens is 2. The predicted octanol–water partition coefficient (Wildman–Crippen LogP) is 10.6. The molecule has 2 fully saturated rings. The Morgan fingerprint density at radius 3 is 1.88 bits per heavy atom. The molecule has 3 aliphatic rings. The van der Waals surface area contributed by atoms with Gasteiger partial charge in [-0.1, -0.05) is 153 Å². The molecule has 616 valence electrons. The molecule has 0 saturated carbocycles. The van der Waals surface area contributed by atoms with E-state index in [1.807, 2.05) is 127 Å². The molecule has 3 amide bonds. The molecular weight excluding hydrogens is 1480 g/mol. The Labute approximate surface area is 685 Å². The molecule has 6 aromatic carbocycles. The summed E-state index contributed by atoms with van der Waals surface area (Å²) in [6.07, 6.45) is 7.12. The average Bonchev–Trinajstić information content (AvgIpc) is 1.49. The topological polar surface area (TPSA) is 367 Å². The number of aliphatic hydroxyl groups is 1. The van der Waals surface area contributed by atoms with E-state index in [0.29, 0.717) is 79.8 Å². The van der Waals surface area contributed by atoms with Gasteiger partial charge in [0.2, 0.25) is 17.7 Å². The van der Waals surface area contributed by atoms with Gasteiger partial charge < -0.3 is 63.5 Å². The lowest BCUT2D eigenvalue weighted by Crippen LogP contribution is -2.51. The van der Waals surface area contributed by atoms with Crippen LogP contribution in [0.2, 0.25) is 0 Å². The molecule has 8 aromatic rings. The number of hydrogen-bond acceptors (Lipinski definition) is 16. The van der Waals surface area contributed by atoms with Crippen LogP contribution in [0, 0.1) is 35.5 Å². The first-order chi connectivity index (χ1) is 56.1. The number of thioether (sulfide) groups is 1. The second-order valence-electron chi connectivity index (χ2n) is 32.7. The molecule has 22 nitrogen and oxygen atoms in total. The number of hydrogen-bond donors (Lipinski definition) is 11. The molecule has 116 heavy (non-hydrogen) atoms. The number of likely N-dealkylation sites (N-methyl/N-ethyl adjacent to an activating group) is 1. The molecule has 0 radical (unpaired) electrons. The van der Waals surface area contributed by atoms with Gasteiger partial charge >= 0.3 is 0 Å². The van der Waals surface area contributed by atoms with Crippen molar-refractivity contribution in [2.75, 3.05) is 44.7 Å². The largest absolute Gasteiger partial charge is 0.508 e. The maximum absolute atomic E-state index is 15.6. The minimum absolute atomic E-state index is 0.0151. The molecule has 2 aliphatic heterocycles. The number of ketones is 6. The number of carbonyl (C=O) groups excluding carboxylic acids is 9. The number of para-hydroxylation sites is 1. The van der Waals surface area contributed by atoms with Crippen LogP contribution < -0.4 is 38.5 Å². The number of amides is 3. The Kier molecular flexibility index (Phi) is 32.5. The summed E-state index contributed by atoms with van der Waals surface area (Å²) in [6, 6.07) is 44.2. The zero-order valence-corrected chi connectivity index (χ0v) is 67.9. The molecule has 2 aromatic heterocycles. The van der Waals surface area contributed by atoms with Crippen LogP contribution in [0.4, 0.5) is 0 Å². The Morgan fingerprint density at radius 2 is 1.20 bits per heavy atom. The van der Waals surface area contributed by atoms with Crippen LogP contribution in [0.25, 0.3) is 21.8 Å². The number of aromatic hydroxyl groups is 1. The summed E-state index contributed by atoms with van der Waals surface area (Å²) in [7, 11) is 2.22. The van der Waals surface area contributed by atoms with Gasteiger partial charge in [-0.15, -0.1) is 0 Å². The maximum Gasteiger partial charge on any atom is 0.224 e. The monoisotopic (exact) mass is 1600 g/mol. The van der Waals surface area contributed by atoms with Gasteiger partial charge in [-0.2, -0.15) is 11.8 Å². The minimum atomic E-state index is -1.47. The van der Waals surface area contributed by atoms with E-state index in [-0.39, 0.29) is 125 Å². The fourth-order valence-corrected chi connectivity index (χ4v) is 18.6. The zero-order valence-electron chi connectivity index (χ0n) is 67.1. The van der Waals surface area contributed by atoms with Gasteiger partial charge in [0.05, 0.1) is 30.0 Å². The number of fused-ring (bicyclic) bond motifs is 3. The second kappa shape index (κ2) is 43.3. The third kappa shape index (κ3) is 25.1. The van der Waals surface area contributed by atoms with E-state index in [9.17, 15) is 29.4 Å². The van der Waals surface area contributed by atoms with Gasteiger partial charge in [-0.25, -0.2) is 0 Å². The van der Waals surface area contributed by atoms with Crippen molar-refractivity contribution in [3.05, 3.63) is 209 Å². The first-order valence-corrected chi connectivity index (χ1v) is 42.8. The fraction of sp³-hybridized carbons (Fsp3) is 0.462. The molecule has 4 heterocycles. The van der Waals surface area contributed by atoms with Crippen molar-refractivity contribution >= 4 is 91.9 Å². The van der Waals surface area contributed by atoms with E-state index in [1.54, 1.807) is 30.1 Å². The van der Waals surface area contributed by atoms with Crippen molar-refractivity contribution in [3.8, 4) is 5.75 Å². The van der Waals surface area contributed by atoms with Gasteiger partial charge in [0, 0.05) is 128 Å². The van der Waals surface area contributed by atoms with Crippen LogP contribution in [-0.4, -0.2) is 165 Å². The number of aromatic nitrogens is 2. The summed E-state index contributed by atoms with van der Waals surface area (Å²) < 4.78 is 0. The highest BCUT2D eigenvalue weighted by Crippen LogP contribution is 2.45. The van der Waals surface area contributed by atoms with Crippen LogP contribution >= 0.6 is 11.8 Å². The number of Topliss-reactive ketones (excluding diaryl/α,β-unsaturated/α-hetero) is 6. The lowest BCUT2D eigenvalue weighted by molar-refractivity contribution is -0.136. The number of phenols is 1. The number of nitrogens with zero attached hydrogens (tertiary/aromatic N) is 2. The molecule has 0 bridgehead atoms. The van der Waals surface area contributed by atoms with E-state index in [1.165, 1.54) is 29.0 Å². The van der Waals surface area contributed by atoms with Crippen LogP contribution in [0.3, 0.4) is 0 Å². The van der Waals surface area contributed by atoms with Gasteiger partial charge in [-0.05, 0) is 185 Å². The molecule has 13 atom stereocenters. The normalized spacial score (nSPS) is 23.5. The molecule has 11 rings (SSSR count). The van der Waals surface area contributed by atoms with E-state index in [2.05, 4.69) is 72.6 Å². The number of likely N-dealkylation sites (tertiary alicyclic amines) is 1. The van der Waals surface area contributed by atoms with Crippen molar-refractivity contribution in [1.82, 2.24) is 36.1 Å². The van der Waals surface area contributed by atoms with E-state index < -0.39 is 102 Å². The number of aliphatic hydroxyl groups excluding tert-OH is 1. The lowest BCUT2D eigenvalue weighted by atomic mass is 9.73. The standard InChI is InChI=1S/C93H117N11O11S/c1-59(105)89-87(112)51-68(42-60-21-7-3-8-22-60)83(108)34-14-6-13-32-78(98-53-64(41-63-35-37-72(106)38-36-63)44-73(107)58-116-57-65-45-76-75-30-19-33-79-88(75)71(55-100-79)48-82(76)104(2)56-65)84(109)49-67(28-20-40-97-93(95)96)90(113)101-80(46-62-25-11-5-12-26-62)86(111)52-69(43-61-23-9-4-10-24-61)92(115)102-81(47-70-54-99-77-31-16-15-29-74(70)77)85(110)50-66(91(114)103-89)27-17-18-39-94/h3-5,7-12,15-16,19,21-26,29-31,33,35-38,54-55,59,64-69,76,78,80-82,89,98-100,105-106H,6,13-14,17-18,20,27-28,32,34,39-53,56-58,94H2,1-2H3,(H,101,113)(H,102,115)(H,103,114)(H4,95,96,97)/t59-,64+,65-,66-,67-,68-,69-,76-,78-,80+,81-,82-,89+/m1/s1. The van der Waals surface area contributed by atoms with Crippen molar-refractivity contribution in [2.45, 2.75) is 190 Å². The summed E-state index contributed by atoms with van der Waals surface area (Å²) in [6.45, 7) is 2.97. The molecule has 23 heteroatoms. The molecule has 2 saturated heterocycles. The Bertz CT molecular complexity index is 4630. The Morgan fingerprint density at radius 1 is 0.603 bits per heavy atom. The smallest absolute Gasteiger partial charge is 0.224 e. The number of aromatic amines is 2. The highest BCUT2D eigenvalue weighted by atomic mass is 32.2. The zero-order chi connectivity index (χ0) is 82.0. The number of piperidine rings is 1. The van der Waals surface area contributed by atoms with Crippen LogP contribution in [0.1, 0.15) is 155 Å². The van der Waals surface area contributed by atoms with Crippen LogP contribution in [0.5, 0.6) is 5.75 Å². The first kappa shape index (κ1) is 86.9. The Hall–Kier alpha value is -9.91. The van der Waals surface area contributed by atoms with E-state index >= 15 is 24.0 Å². The number of rotatable bonds is 28. The van der Waals surface area contributed by atoms with Gasteiger partial charge in [0.15, 0.2) is 29.1 Å². The van der Waals surface area contributed by atoms with E-state index in [4.69, 9.17) is 17.2 Å². The third-order valence-corrected chi connectivity index (χ3v) is 25.0. The van der Waals surface area contributed by atoms with Crippen molar-refractivity contribution in [3.63, 3.8) is 0 Å². The third-order valence-electron chi connectivity index (χ3n) is 23.8. The number of nitrogens with two attached hydrogens (primary N) is 3. The van der Waals surface area contributed by atoms with Crippen LogP contribution in [-0.2, 0) is 81.7 Å². The highest BCUT2D eigenvalue weighted by Gasteiger charge is 2.41. The Balaban J connectivity index is 0.904. The van der Waals surface area contributed by atoms with Gasteiger partial charge in [0.1, 0.15) is 23.4 Å². The van der Waals surface area contributed by atoms with Gasteiger partial charge in [0.25, 0.3) is 0 Å². The van der Waals surface area contributed by atoms with Gasteiger partial charge in [-0.3, -0.25) is 48.1 Å². The number of carbonyl (C=O) groups is 9. The summed E-state index contributed by atoms with van der Waals surface area (Å²) in [5.41, 5.74) is 26.2. The van der Waals surface area contributed by atoms with Crippen molar-refractivity contribution in [1.29, 1.82) is 0 Å². The summed E-state index contributed by atoms with van der Waals surface area (Å²) >= 11 is 1.66. The molecule has 0 spiro atoms. The molecule has 14 N–H and O–H groups in total. The summed E-state index contributed by atoms with van der Waals surface area (Å²) in [4.78, 5) is 150. The summed E-state index contributed by atoms with van der Waals surface area (Å²) in [5, 5.41) is 36.6. The quantitative estimate of drug-likeness (QED) is 0.0123. The lowest BCUT2D eigenvalue weighted by Gasteiger charge is -2.45. The van der Waals surface area contributed by atoms with E-state index in [0.717, 1.165) is 52.7 Å². The van der Waals surface area contributed by atoms with Crippen LogP contribution in [0.15, 0.2) is 175 Å². The minimum Gasteiger partial charge on any atom is -0.508 e. The second-order valence-corrected chi connectivity index (χ2v) is 33.7. The summed E-state index contributed by atoms with van der Waals surface area (Å²) in [5.74, 6) is -6.48. The van der Waals surface area contributed by atoms with Crippen molar-refractivity contribution in [2.24, 2.45) is 57.7 Å². The highest BCUT2D eigenvalue weighted by molar-refractivity contribution is 7.99. The number of aliphatic imine (C=N–C) groups is 1. The fourth-order valence-electron chi connectivity index (χ4n) is 17.6. The van der Waals surface area contributed by atoms with Crippen molar-refractivity contribution < 1.29 is 53.4 Å². The first-order valence-electron chi connectivity index (χ1n) is 41.7. The number of nitrogens with one attached hydrogen (secondary N) is 6. The number of benzene rings is 6. The number of phenolic OH excluding ortho intramolecular Hbond substituents is 1. The number of guanidine groups is 1. The maximum atomic E-state index is 15.6. The molecule has 0 unspecified atom stereocenters. The molecule has 1 aliphatic carbocycles. The predicted molar refractivity (Wildman–Crippen MR) is 457 cm³/mol. The SMILES string of the molecule is C[C@@H](O)[C@@H]1NC(=O)[C@H](CCCCN)CC(=O)[C@@H](Cc2c[nH]c3ccccc23)NC(=O)[C@H](Cc2ccccc2)CC(=O)[C@H](Cc2ccccc2)NC(=O)[C@H](CCCN=C(N)N)CC(=O)[C@H](NC[C@H](CC(=O)CSC[C@@H]2C[C@@H]3c4cccc5[nH]cc(c45)C[C@H]3N(C)C2)Cc2ccc(O)cc2)CCCCCC(=O)[C@H](Cc2ccccc2)CC1=O. The number of unbranched alkanes of at least 4 members (excludes halogenated alkanes) is 1. The molecular formula is C93H117N11O11S. The average molecular weight is 1600 g/mol.